The monoisotopic (exact) mass is 145 g/mol. The van der Waals surface area contributed by atoms with Crippen LogP contribution in [0.1, 0.15) is 0 Å². The second-order valence-corrected chi connectivity index (χ2v) is 2.80. The van der Waals surface area contributed by atoms with Crippen molar-refractivity contribution in [1.82, 2.24) is 4.90 Å². The van der Waals surface area contributed by atoms with E-state index in [2.05, 4.69) is 10.4 Å². The van der Waals surface area contributed by atoms with E-state index in [4.69, 9.17) is 0 Å². The third-order valence-electron chi connectivity index (χ3n) is 1.11. The molecule has 0 aromatic heterocycles. The maximum atomic E-state index is 9.63. The van der Waals surface area contributed by atoms with Crippen LogP contribution in [0.5, 0.6) is 0 Å². The number of thioether (sulfide) groups is 1. The molecule has 1 aliphatic heterocycles. The summed E-state index contributed by atoms with van der Waals surface area (Å²) in [4.78, 5) is 11.5. The lowest BCUT2D eigenvalue weighted by Crippen LogP contribution is -2.17. The summed E-state index contributed by atoms with van der Waals surface area (Å²) in [6.45, 7) is 0.957. The van der Waals surface area contributed by atoms with Gasteiger partial charge in [-0.25, -0.2) is 0 Å². The molecule has 0 saturated carbocycles. The van der Waals surface area contributed by atoms with Crippen molar-refractivity contribution in [1.29, 1.82) is 0 Å². The molecule has 0 N–H and O–H groups in total. The maximum absolute atomic E-state index is 9.63. The largest absolute Gasteiger partial charge is 0.352 e. The summed E-state index contributed by atoms with van der Waals surface area (Å²) in [5, 5.41) is 6.55. The summed E-state index contributed by atoms with van der Waals surface area (Å²) >= 11 is 1.56. The highest BCUT2D eigenvalue weighted by Crippen LogP contribution is 2.15. The zero-order valence-electron chi connectivity index (χ0n) is 5.07. The highest BCUT2D eigenvalue weighted by atomic mass is 32.2. The Morgan fingerprint density at radius 2 is 2.56 bits per heavy atom. The Labute approximate surface area is 57.3 Å². The molecule has 0 aromatic carbocycles. The Morgan fingerprint density at radius 3 is 3.00 bits per heavy atom. The van der Waals surface area contributed by atoms with Crippen LogP contribution in [0, 0.1) is 4.91 Å². The molecule has 0 atom stereocenters. The maximum Gasteiger partial charge on any atom is 0.189 e. The van der Waals surface area contributed by atoms with Gasteiger partial charge in [0.1, 0.15) is 0 Å². The summed E-state index contributed by atoms with van der Waals surface area (Å²) in [5.41, 5.74) is 0. The molecular formula is C4H7N3OS. The first kappa shape index (κ1) is 6.54. The molecule has 50 valence electrons. The van der Waals surface area contributed by atoms with Crippen LogP contribution >= 0.6 is 11.8 Å². The van der Waals surface area contributed by atoms with Crippen molar-refractivity contribution >= 4 is 16.9 Å². The second kappa shape index (κ2) is 2.82. The lowest BCUT2D eigenvalue weighted by Gasteiger charge is -2.05. The van der Waals surface area contributed by atoms with Crippen LogP contribution in [0.25, 0.3) is 0 Å². The summed E-state index contributed by atoms with van der Waals surface area (Å²) in [6.07, 6.45) is 0. The van der Waals surface area contributed by atoms with Crippen molar-refractivity contribution in [2.45, 2.75) is 0 Å². The quantitative estimate of drug-likeness (QED) is 0.403. The third kappa shape index (κ3) is 1.41. The molecule has 0 aliphatic carbocycles. The van der Waals surface area contributed by atoms with E-state index in [0.717, 1.165) is 17.5 Å². The van der Waals surface area contributed by atoms with Gasteiger partial charge in [-0.2, -0.15) is 0 Å². The number of hydrogen-bond acceptors (Lipinski definition) is 3. The fourth-order valence-electron chi connectivity index (χ4n) is 0.620. The lowest BCUT2D eigenvalue weighted by molar-refractivity contribution is 0.561. The van der Waals surface area contributed by atoms with Crippen LogP contribution in [0.3, 0.4) is 0 Å². The van der Waals surface area contributed by atoms with Crippen molar-refractivity contribution in [3.63, 3.8) is 0 Å². The van der Waals surface area contributed by atoms with Gasteiger partial charge < -0.3 is 4.90 Å². The van der Waals surface area contributed by atoms with Crippen LogP contribution in [0.15, 0.2) is 10.4 Å². The van der Waals surface area contributed by atoms with Gasteiger partial charge in [0, 0.05) is 19.3 Å². The Hall–Kier alpha value is -0.580. The van der Waals surface area contributed by atoms with Gasteiger partial charge in [-0.15, -0.1) is 4.91 Å². The van der Waals surface area contributed by atoms with Crippen molar-refractivity contribution in [3.05, 3.63) is 4.91 Å². The molecular weight excluding hydrogens is 138 g/mol. The molecule has 4 nitrogen and oxygen atoms in total. The molecule has 5 heteroatoms. The van der Waals surface area contributed by atoms with Crippen molar-refractivity contribution < 1.29 is 0 Å². The van der Waals surface area contributed by atoms with Gasteiger partial charge in [0.25, 0.3) is 0 Å². The molecule has 9 heavy (non-hydrogen) atoms. The highest BCUT2D eigenvalue weighted by Gasteiger charge is 2.14. The molecule has 0 spiro atoms. The standard InChI is InChI=1S/C4H7N3OS/c1-7-2-3-9-4(7)5-6-8/h2-3H2,1H3. The third-order valence-corrected chi connectivity index (χ3v) is 2.15. The van der Waals surface area contributed by atoms with Crippen LogP contribution in [0.4, 0.5) is 0 Å². The molecule has 1 saturated heterocycles. The normalized spacial score (nSPS) is 23.2. The van der Waals surface area contributed by atoms with Crippen LogP contribution in [-0.2, 0) is 0 Å². The van der Waals surface area contributed by atoms with Crippen LogP contribution in [-0.4, -0.2) is 29.4 Å². The molecule has 1 fully saturated rings. The number of nitrogens with zero attached hydrogens (tertiary/aromatic N) is 3. The molecule has 1 aliphatic rings. The topological polar surface area (TPSA) is 45.0 Å². The minimum atomic E-state index is 0.727. The number of nitroso groups, excluding NO2 is 1. The molecule has 0 amide bonds. The smallest absolute Gasteiger partial charge is 0.189 e. The molecule has 0 radical (unpaired) electrons. The Bertz CT molecular complexity index is 147. The van der Waals surface area contributed by atoms with Gasteiger partial charge >= 0.3 is 0 Å². The van der Waals surface area contributed by atoms with Gasteiger partial charge in [-0.3, -0.25) is 0 Å². The Balaban J connectivity index is 2.58. The minimum absolute atomic E-state index is 0.727. The lowest BCUT2D eigenvalue weighted by atomic mass is 10.7. The van der Waals surface area contributed by atoms with Crippen LogP contribution in [0.2, 0.25) is 0 Å². The van der Waals surface area contributed by atoms with E-state index in [9.17, 15) is 4.91 Å². The molecule has 0 bridgehead atoms. The first-order chi connectivity index (χ1) is 4.34. The Morgan fingerprint density at radius 1 is 1.78 bits per heavy atom. The number of rotatable bonds is 1. The number of hydrogen-bond donors (Lipinski definition) is 0. The number of amidine groups is 1. The fraction of sp³-hybridized carbons (Fsp3) is 0.750. The average molecular weight is 145 g/mol. The molecule has 0 unspecified atom stereocenters. The van der Waals surface area contributed by atoms with Gasteiger partial charge in [-0.1, -0.05) is 16.9 Å². The van der Waals surface area contributed by atoms with E-state index < -0.39 is 0 Å². The van der Waals surface area contributed by atoms with E-state index in [1.165, 1.54) is 0 Å². The highest BCUT2D eigenvalue weighted by molar-refractivity contribution is 8.14. The average Bonchev–Trinajstić information content (AvgIpc) is 2.18. The second-order valence-electron chi connectivity index (χ2n) is 1.73. The Kier molecular flexibility index (Phi) is 2.05. The summed E-state index contributed by atoms with van der Waals surface area (Å²) in [7, 11) is 1.89. The van der Waals surface area contributed by atoms with Gasteiger partial charge in [-0.05, 0) is 0 Å². The van der Waals surface area contributed by atoms with Gasteiger partial charge in [0.2, 0.25) is 0 Å². The summed E-state index contributed by atoms with van der Waals surface area (Å²) in [5.74, 6) is 1.00. The minimum Gasteiger partial charge on any atom is -0.352 e. The predicted octanol–water partition coefficient (Wildman–Crippen LogP) is 0.702. The van der Waals surface area contributed by atoms with E-state index >= 15 is 0 Å². The molecule has 1 rings (SSSR count). The van der Waals surface area contributed by atoms with Gasteiger partial charge in [0.05, 0.1) is 5.29 Å². The van der Waals surface area contributed by atoms with E-state index in [1.807, 2.05) is 11.9 Å². The SMILES string of the molecule is CN1CCSC1=NN=O. The van der Waals surface area contributed by atoms with Crippen molar-refractivity contribution in [3.8, 4) is 0 Å². The zero-order chi connectivity index (χ0) is 6.69. The van der Waals surface area contributed by atoms with Crippen LogP contribution < -0.4 is 0 Å². The first-order valence-electron chi connectivity index (χ1n) is 2.59. The fourth-order valence-corrected chi connectivity index (χ4v) is 1.57. The van der Waals surface area contributed by atoms with E-state index in [-0.39, 0.29) is 0 Å². The first-order valence-corrected chi connectivity index (χ1v) is 3.57. The van der Waals surface area contributed by atoms with Gasteiger partial charge in [0.15, 0.2) is 5.17 Å². The predicted molar refractivity (Wildman–Crippen MR) is 38.3 cm³/mol. The molecule has 0 aromatic rings. The zero-order valence-corrected chi connectivity index (χ0v) is 5.89. The van der Waals surface area contributed by atoms with Crippen molar-refractivity contribution in [2.24, 2.45) is 10.4 Å². The van der Waals surface area contributed by atoms with E-state index in [1.54, 1.807) is 11.8 Å². The van der Waals surface area contributed by atoms with Crippen molar-refractivity contribution in [2.75, 3.05) is 19.3 Å². The molecule has 1 heterocycles. The van der Waals surface area contributed by atoms with E-state index in [0.29, 0.717) is 0 Å². The summed E-state index contributed by atoms with van der Waals surface area (Å²) in [6, 6.07) is 0. The summed E-state index contributed by atoms with van der Waals surface area (Å²) < 4.78 is 0.